The number of hydrogen-bond acceptors (Lipinski definition) is 2. The van der Waals surface area contributed by atoms with E-state index < -0.39 is 0 Å². The molecule has 0 N–H and O–H groups in total. The van der Waals surface area contributed by atoms with Gasteiger partial charge in [0.25, 0.3) is 0 Å². The normalized spacial score (nSPS) is 10.2. The molecule has 0 saturated heterocycles. The summed E-state index contributed by atoms with van der Waals surface area (Å²) in [6.45, 7) is 0.792. The number of ether oxygens (including phenoxy) is 1. The van der Waals surface area contributed by atoms with Gasteiger partial charge in [-0.1, -0.05) is 6.07 Å². The van der Waals surface area contributed by atoms with E-state index in [0.717, 1.165) is 11.5 Å². The summed E-state index contributed by atoms with van der Waals surface area (Å²) in [7, 11) is 9.33. The van der Waals surface area contributed by atoms with E-state index in [1.54, 1.807) is 19.2 Å². The third-order valence-corrected chi connectivity index (χ3v) is 2.61. The highest BCUT2D eigenvalue weighted by atomic mass is 19.1. The van der Waals surface area contributed by atoms with Gasteiger partial charge in [-0.25, -0.2) is 9.38 Å². The first-order chi connectivity index (χ1) is 8.95. The van der Waals surface area contributed by atoms with Crippen LogP contribution in [-0.2, 0) is 17.9 Å². The predicted octanol–water partition coefficient (Wildman–Crippen LogP) is 1.95. The monoisotopic (exact) mass is 267 g/mol. The van der Waals surface area contributed by atoms with Crippen molar-refractivity contribution < 1.29 is 9.13 Å². The minimum absolute atomic E-state index is 0.241. The van der Waals surface area contributed by atoms with Crippen molar-refractivity contribution in [2.75, 3.05) is 35.3 Å². The average Bonchev–Trinajstić information content (AvgIpc) is 2.32. The van der Waals surface area contributed by atoms with Crippen molar-refractivity contribution in [2.45, 2.75) is 13.2 Å². The molecule has 0 aliphatic carbocycles. The second kappa shape index (κ2) is 7.09. The smallest absolute Gasteiger partial charge is 0.195 e. The highest BCUT2D eigenvalue weighted by Crippen LogP contribution is 2.12. The molecule has 4 nitrogen and oxygen atoms in total. The van der Waals surface area contributed by atoms with Crippen LogP contribution in [0.2, 0.25) is 0 Å². The standard InChI is InChI=1S/C14H22FN3O/c1-17(2)14(18(3)4)16-9-11-6-7-13(15)12(8-11)10-19-5/h6-8H,9-10H2,1-5H3. The highest BCUT2D eigenvalue weighted by molar-refractivity contribution is 5.79. The molecule has 0 radical (unpaired) electrons. The lowest BCUT2D eigenvalue weighted by atomic mass is 10.1. The zero-order valence-electron chi connectivity index (χ0n) is 12.3. The molecule has 0 fully saturated rings. The summed E-state index contributed by atoms with van der Waals surface area (Å²) in [4.78, 5) is 8.42. The van der Waals surface area contributed by atoms with E-state index in [4.69, 9.17) is 4.74 Å². The molecule has 1 aromatic rings. The van der Waals surface area contributed by atoms with Crippen LogP contribution < -0.4 is 0 Å². The Balaban J connectivity index is 2.87. The maximum atomic E-state index is 13.5. The van der Waals surface area contributed by atoms with Gasteiger partial charge in [-0.2, -0.15) is 0 Å². The van der Waals surface area contributed by atoms with Gasteiger partial charge in [-0.3, -0.25) is 0 Å². The maximum absolute atomic E-state index is 13.5. The van der Waals surface area contributed by atoms with Crippen molar-refractivity contribution >= 4 is 5.96 Å². The first-order valence-electron chi connectivity index (χ1n) is 6.11. The number of methoxy groups -OCH3 is 1. The van der Waals surface area contributed by atoms with Crippen LogP contribution in [0.1, 0.15) is 11.1 Å². The van der Waals surface area contributed by atoms with E-state index >= 15 is 0 Å². The summed E-state index contributed by atoms with van der Waals surface area (Å²) >= 11 is 0. The van der Waals surface area contributed by atoms with Crippen molar-refractivity contribution in [3.8, 4) is 0 Å². The molecule has 0 heterocycles. The minimum atomic E-state index is -0.241. The summed E-state index contributed by atoms with van der Waals surface area (Å²) in [6.07, 6.45) is 0. The number of halogens is 1. The largest absolute Gasteiger partial charge is 0.380 e. The van der Waals surface area contributed by atoms with E-state index in [1.165, 1.54) is 6.07 Å². The lowest BCUT2D eigenvalue weighted by molar-refractivity contribution is 0.181. The quantitative estimate of drug-likeness (QED) is 0.616. The van der Waals surface area contributed by atoms with Gasteiger partial charge < -0.3 is 14.5 Å². The molecule has 1 aromatic carbocycles. The lowest BCUT2D eigenvalue weighted by Gasteiger charge is -2.22. The summed E-state index contributed by atoms with van der Waals surface area (Å²) in [5, 5.41) is 0. The molecule has 1 rings (SSSR count). The number of nitrogens with zero attached hydrogens (tertiary/aromatic N) is 3. The molecule has 0 unspecified atom stereocenters. The topological polar surface area (TPSA) is 28.1 Å². The van der Waals surface area contributed by atoms with Crippen LogP contribution in [0.5, 0.6) is 0 Å². The second-order valence-corrected chi connectivity index (χ2v) is 4.76. The van der Waals surface area contributed by atoms with Gasteiger partial charge in [0.2, 0.25) is 0 Å². The molecule has 0 bridgehead atoms. The Morgan fingerprint density at radius 2 is 1.84 bits per heavy atom. The predicted molar refractivity (Wildman–Crippen MR) is 75.6 cm³/mol. The summed E-state index contributed by atoms with van der Waals surface area (Å²) < 4.78 is 18.5. The van der Waals surface area contributed by atoms with Crippen LogP contribution >= 0.6 is 0 Å². The molecule has 106 valence electrons. The Labute approximate surface area is 114 Å². The molecular formula is C14H22FN3O. The Kier molecular flexibility index (Phi) is 5.76. The van der Waals surface area contributed by atoms with Crippen molar-refractivity contribution in [1.29, 1.82) is 0 Å². The van der Waals surface area contributed by atoms with Crippen molar-refractivity contribution in [3.05, 3.63) is 35.1 Å². The fraction of sp³-hybridized carbons (Fsp3) is 0.500. The van der Waals surface area contributed by atoms with Crippen LogP contribution in [0, 0.1) is 5.82 Å². The molecule has 0 aliphatic heterocycles. The Morgan fingerprint density at radius 3 is 2.37 bits per heavy atom. The average molecular weight is 267 g/mol. The molecule has 0 spiro atoms. The highest BCUT2D eigenvalue weighted by Gasteiger charge is 2.06. The molecule has 0 amide bonds. The fourth-order valence-corrected chi connectivity index (χ4v) is 1.84. The first kappa shape index (κ1) is 15.4. The number of rotatable bonds is 4. The zero-order chi connectivity index (χ0) is 14.4. The Bertz CT molecular complexity index is 434. The van der Waals surface area contributed by atoms with E-state index in [2.05, 4.69) is 4.99 Å². The zero-order valence-corrected chi connectivity index (χ0v) is 12.3. The second-order valence-electron chi connectivity index (χ2n) is 4.76. The maximum Gasteiger partial charge on any atom is 0.195 e. The molecule has 5 heteroatoms. The van der Waals surface area contributed by atoms with Crippen LogP contribution in [0.3, 0.4) is 0 Å². The third kappa shape index (κ3) is 4.52. The van der Waals surface area contributed by atoms with Crippen molar-refractivity contribution in [3.63, 3.8) is 0 Å². The van der Waals surface area contributed by atoms with Gasteiger partial charge in [0.05, 0.1) is 13.2 Å². The van der Waals surface area contributed by atoms with E-state index in [-0.39, 0.29) is 12.4 Å². The lowest BCUT2D eigenvalue weighted by Crippen LogP contribution is -2.35. The SMILES string of the molecule is COCc1cc(CN=C(N(C)C)N(C)C)ccc1F. The Morgan fingerprint density at radius 1 is 1.21 bits per heavy atom. The first-order valence-corrected chi connectivity index (χ1v) is 6.11. The van der Waals surface area contributed by atoms with Crippen molar-refractivity contribution in [2.24, 2.45) is 4.99 Å². The Hall–Kier alpha value is -1.62. The van der Waals surface area contributed by atoms with Gasteiger partial charge in [-0.15, -0.1) is 0 Å². The summed E-state index contributed by atoms with van der Waals surface area (Å²) in [5.41, 5.74) is 1.53. The number of hydrogen-bond donors (Lipinski definition) is 0. The fourth-order valence-electron chi connectivity index (χ4n) is 1.84. The minimum Gasteiger partial charge on any atom is -0.380 e. The molecule has 0 aliphatic rings. The molecule has 0 aromatic heterocycles. The van der Waals surface area contributed by atoms with Gasteiger partial charge in [-0.05, 0) is 17.7 Å². The van der Waals surface area contributed by atoms with Gasteiger partial charge >= 0.3 is 0 Å². The molecule has 19 heavy (non-hydrogen) atoms. The van der Waals surface area contributed by atoms with E-state index in [9.17, 15) is 4.39 Å². The van der Waals surface area contributed by atoms with E-state index in [1.807, 2.05) is 38.0 Å². The number of benzene rings is 1. The summed E-state index contributed by atoms with van der Waals surface area (Å²) in [5.74, 6) is 0.632. The van der Waals surface area contributed by atoms with Crippen LogP contribution in [0.15, 0.2) is 23.2 Å². The number of guanidine groups is 1. The third-order valence-electron chi connectivity index (χ3n) is 2.61. The van der Waals surface area contributed by atoms with Crippen molar-refractivity contribution in [1.82, 2.24) is 9.80 Å². The molecule has 0 atom stereocenters. The van der Waals surface area contributed by atoms with Gasteiger partial charge in [0.15, 0.2) is 5.96 Å². The molecule has 0 saturated carbocycles. The van der Waals surface area contributed by atoms with Crippen LogP contribution in [0.4, 0.5) is 4.39 Å². The van der Waals surface area contributed by atoms with Crippen LogP contribution in [0.25, 0.3) is 0 Å². The molecular weight excluding hydrogens is 245 g/mol. The summed E-state index contributed by atoms with van der Waals surface area (Å²) in [6, 6.07) is 5.01. The van der Waals surface area contributed by atoms with Crippen LogP contribution in [-0.4, -0.2) is 51.1 Å². The van der Waals surface area contributed by atoms with E-state index in [0.29, 0.717) is 12.1 Å². The van der Waals surface area contributed by atoms with Gasteiger partial charge in [0, 0.05) is 40.9 Å². The number of aliphatic imine (C=N–C) groups is 1. The van der Waals surface area contributed by atoms with Gasteiger partial charge in [0.1, 0.15) is 5.82 Å².